The SMILES string of the molecule is CCNC(=O)C(C)NCc1ccc2c(c1)CC(C)(C)O2. The van der Waals surface area contributed by atoms with E-state index < -0.39 is 0 Å². The summed E-state index contributed by atoms with van der Waals surface area (Å²) in [6, 6.07) is 6.06. The van der Waals surface area contributed by atoms with Gasteiger partial charge in [0.1, 0.15) is 11.4 Å². The number of hydrogen-bond donors (Lipinski definition) is 2. The minimum Gasteiger partial charge on any atom is -0.487 e. The molecule has 20 heavy (non-hydrogen) atoms. The Hall–Kier alpha value is -1.55. The van der Waals surface area contributed by atoms with E-state index in [1.54, 1.807) is 0 Å². The van der Waals surface area contributed by atoms with E-state index in [0.717, 1.165) is 12.2 Å². The van der Waals surface area contributed by atoms with Crippen molar-refractivity contribution in [1.29, 1.82) is 0 Å². The van der Waals surface area contributed by atoms with Crippen molar-refractivity contribution in [1.82, 2.24) is 10.6 Å². The molecule has 1 heterocycles. The molecule has 0 saturated carbocycles. The van der Waals surface area contributed by atoms with E-state index in [0.29, 0.717) is 13.1 Å². The highest BCUT2D eigenvalue weighted by molar-refractivity contribution is 5.81. The van der Waals surface area contributed by atoms with Gasteiger partial charge < -0.3 is 15.4 Å². The molecule has 1 unspecified atom stereocenters. The lowest BCUT2D eigenvalue weighted by Crippen LogP contribution is -2.41. The van der Waals surface area contributed by atoms with Gasteiger partial charge in [-0.05, 0) is 44.9 Å². The van der Waals surface area contributed by atoms with E-state index >= 15 is 0 Å². The summed E-state index contributed by atoms with van der Waals surface area (Å²) in [5, 5.41) is 6.06. The van der Waals surface area contributed by atoms with Crippen molar-refractivity contribution in [3.05, 3.63) is 29.3 Å². The highest BCUT2D eigenvalue weighted by Crippen LogP contribution is 2.35. The van der Waals surface area contributed by atoms with Crippen molar-refractivity contribution in [2.45, 2.75) is 52.3 Å². The predicted octanol–water partition coefficient (Wildman–Crippen LogP) is 2.01. The van der Waals surface area contributed by atoms with Crippen molar-refractivity contribution in [3.63, 3.8) is 0 Å². The molecule has 0 aliphatic carbocycles. The fraction of sp³-hybridized carbons (Fsp3) is 0.562. The molecule has 0 bridgehead atoms. The molecule has 0 spiro atoms. The first-order valence-corrected chi connectivity index (χ1v) is 7.23. The van der Waals surface area contributed by atoms with Gasteiger partial charge in [-0.15, -0.1) is 0 Å². The summed E-state index contributed by atoms with van der Waals surface area (Å²) in [5.41, 5.74) is 2.32. The largest absolute Gasteiger partial charge is 0.487 e. The highest BCUT2D eigenvalue weighted by atomic mass is 16.5. The molecule has 0 aromatic heterocycles. The number of amides is 1. The number of carbonyl (C=O) groups excluding carboxylic acids is 1. The van der Waals surface area contributed by atoms with Crippen LogP contribution in [0.1, 0.15) is 38.8 Å². The first-order valence-electron chi connectivity index (χ1n) is 7.23. The van der Waals surface area contributed by atoms with Crippen molar-refractivity contribution in [3.8, 4) is 5.75 Å². The first kappa shape index (κ1) is 14.9. The normalized spacial score (nSPS) is 17.2. The zero-order chi connectivity index (χ0) is 14.8. The van der Waals surface area contributed by atoms with Gasteiger partial charge >= 0.3 is 0 Å². The Balaban J connectivity index is 1.94. The molecule has 2 rings (SSSR count). The monoisotopic (exact) mass is 276 g/mol. The Bertz CT molecular complexity index is 497. The lowest BCUT2D eigenvalue weighted by molar-refractivity contribution is -0.122. The summed E-state index contributed by atoms with van der Waals surface area (Å²) in [6.45, 7) is 9.35. The van der Waals surface area contributed by atoms with Gasteiger partial charge in [0.05, 0.1) is 6.04 Å². The molecule has 1 aromatic carbocycles. The van der Waals surface area contributed by atoms with Crippen LogP contribution in [0.5, 0.6) is 5.75 Å². The average Bonchev–Trinajstić information content (AvgIpc) is 2.69. The fourth-order valence-corrected chi connectivity index (χ4v) is 2.46. The third-order valence-corrected chi connectivity index (χ3v) is 3.48. The van der Waals surface area contributed by atoms with Gasteiger partial charge in [-0.3, -0.25) is 4.79 Å². The van der Waals surface area contributed by atoms with Gasteiger partial charge in [0, 0.05) is 19.5 Å². The summed E-state index contributed by atoms with van der Waals surface area (Å²) in [5.74, 6) is 1.02. The highest BCUT2D eigenvalue weighted by Gasteiger charge is 2.29. The van der Waals surface area contributed by atoms with Crippen molar-refractivity contribution in [2.24, 2.45) is 0 Å². The van der Waals surface area contributed by atoms with Crippen LogP contribution >= 0.6 is 0 Å². The minimum atomic E-state index is -0.184. The summed E-state index contributed by atoms with van der Waals surface area (Å²) in [6.07, 6.45) is 0.933. The number of likely N-dealkylation sites (N-methyl/N-ethyl adjacent to an activating group) is 1. The second kappa shape index (κ2) is 5.83. The molecular weight excluding hydrogens is 252 g/mol. The van der Waals surface area contributed by atoms with Gasteiger partial charge in [-0.25, -0.2) is 0 Å². The Morgan fingerprint density at radius 3 is 2.90 bits per heavy atom. The van der Waals surface area contributed by atoms with Crippen LogP contribution in [-0.2, 0) is 17.8 Å². The van der Waals surface area contributed by atoms with Crippen LogP contribution < -0.4 is 15.4 Å². The van der Waals surface area contributed by atoms with Gasteiger partial charge in [0.15, 0.2) is 0 Å². The predicted molar refractivity (Wildman–Crippen MR) is 79.8 cm³/mol. The lowest BCUT2D eigenvalue weighted by Gasteiger charge is -2.16. The van der Waals surface area contributed by atoms with Crippen molar-refractivity contribution in [2.75, 3.05) is 6.54 Å². The zero-order valence-electron chi connectivity index (χ0n) is 12.7. The number of ether oxygens (including phenoxy) is 1. The molecular formula is C16H24N2O2. The Labute approximate surface area is 120 Å². The van der Waals surface area contributed by atoms with Crippen molar-refractivity contribution >= 4 is 5.91 Å². The molecule has 110 valence electrons. The van der Waals surface area contributed by atoms with Crippen LogP contribution in [0.2, 0.25) is 0 Å². The third-order valence-electron chi connectivity index (χ3n) is 3.48. The first-order chi connectivity index (χ1) is 9.41. The molecule has 1 aliphatic rings. The van der Waals surface area contributed by atoms with E-state index in [4.69, 9.17) is 4.74 Å². The maximum atomic E-state index is 11.6. The molecule has 4 nitrogen and oxygen atoms in total. The molecule has 0 saturated heterocycles. The smallest absolute Gasteiger partial charge is 0.236 e. The van der Waals surface area contributed by atoms with Crippen molar-refractivity contribution < 1.29 is 9.53 Å². The molecule has 1 amide bonds. The van der Waals surface area contributed by atoms with Crippen LogP contribution in [0.25, 0.3) is 0 Å². The van der Waals surface area contributed by atoms with Gasteiger partial charge in [-0.1, -0.05) is 12.1 Å². The average molecular weight is 276 g/mol. The van der Waals surface area contributed by atoms with E-state index in [1.165, 1.54) is 11.1 Å². The minimum absolute atomic E-state index is 0.0399. The third kappa shape index (κ3) is 3.51. The molecule has 1 aromatic rings. The quantitative estimate of drug-likeness (QED) is 0.865. The van der Waals surface area contributed by atoms with E-state index in [1.807, 2.05) is 19.9 Å². The Kier molecular flexibility index (Phi) is 4.33. The number of carbonyl (C=O) groups is 1. The van der Waals surface area contributed by atoms with Gasteiger partial charge in [0.2, 0.25) is 5.91 Å². The van der Waals surface area contributed by atoms with Crippen LogP contribution in [-0.4, -0.2) is 24.1 Å². The molecule has 2 N–H and O–H groups in total. The summed E-state index contributed by atoms with van der Waals surface area (Å²) >= 11 is 0. The second-order valence-electron chi connectivity index (χ2n) is 5.98. The molecule has 4 heteroatoms. The van der Waals surface area contributed by atoms with Crippen LogP contribution in [0.3, 0.4) is 0 Å². The van der Waals surface area contributed by atoms with E-state index in [2.05, 4.69) is 36.6 Å². The molecule has 1 atom stereocenters. The lowest BCUT2D eigenvalue weighted by atomic mass is 10.0. The number of nitrogens with one attached hydrogen (secondary N) is 2. The Morgan fingerprint density at radius 2 is 2.20 bits per heavy atom. The summed E-state index contributed by atoms with van der Waals surface area (Å²) < 4.78 is 5.86. The number of benzene rings is 1. The van der Waals surface area contributed by atoms with Gasteiger partial charge in [0.25, 0.3) is 0 Å². The van der Waals surface area contributed by atoms with E-state index in [9.17, 15) is 4.79 Å². The maximum Gasteiger partial charge on any atom is 0.236 e. The molecule has 1 aliphatic heterocycles. The van der Waals surface area contributed by atoms with Crippen LogP contribution in [0.4, 0.5) is 0 Å². The number of rotatable bonds is 5. The standard InChI is InChI=1S/C16H24N2O2/c1-5-17-15(19)11(2)18-10-12-6-7-14-13(8-12)9-16(3,4)20-14/h6-8,11,18H,5,9-10H2,1-4H3,(H,17,19). The number of hydrogen-bond acceptors (Lipinski definition) is 3. The fourth-order valence-electron chi connectivity index (χ4n) is 2.46. The zero-order valence-corrected chi connectivity index (χ0v) is 12.7. The summed E-state index contributed by atoms with van der Waals surface area (Å²) in [4.78, 5) is 11.6. The molecule has 0 fully saturated rings. The topological polar surface area (TPSA) is 50.4 Å². The number of fused-ring (bicyclic) bond motifs is 1. The summed E-state index contributed by atoms with van der Waals surface area (Å²) in [7, 11) is 0. The molecule has 0 radical (unpaired) electrons. The second-order valence-corrected chi connectivity index (χ2v) is 5.98. The van der Waals surface area contributed by atoms with Crippen LogP contribution in [0, 0.1) is 0 Å². The van der Waals surface area contributed by atoms with Gasteiger partial charge in [-0.2, -0.15) is 0 Å². The maximum absolute atomic E-state index is 11.6. The van der Waals surface area contributed by atoms with Crippen LogP contribution in [0.15, 0.2) is 18.2 Å². The van der Waals surface area contributed by atoms with E-state index in [-0.39, 0.29) is 17.6 Å². The Morgan fingerprint density at radius 1 is 1.45 bits per heavy atom.